The zero-order valence-electron chi connectivity index (χ0n) is 18.0. The van der Waals surface area contributed by atoms with Crippen molar-refractivity contribution in [3.63, 3.8) is 0 Å². The monoisotopic (exact) mass is 427 g/mol. The van der Waals surface area contributed by atoms with Crippen LogP contribution < -0.4 is 21.4 Å². The fraction of sp³-hybridized carbons (Fsp3) is 0.789. The van der Waals surface area contributed by atoms with Gasteiger partial charge in [-0.05, 0) is 44.4 Å². The second-order valence-electron chi connectivity index (χ2n) is 7.94. The van der Waals surface area contributed by atoms with Crippen molar-refractivity contribution in [2.24, 2.45) is 11.8 Å². The molecule has 1 fully saturated rings. The van der Waals surface area contributed by atoms with Gasteiger partial charge < -0.3 is 20.7 Å². The Bertz CT molecular complexity index is 586. The molecule has 1 radical (unpaired) electrons. The Hall–Kier alpha value is -2.43. The van der Waals surface area contributed by atoms with Crippen molar-refractivity contribution in [3.05, 3.63) is 16.7 Å². The lowest BCUT2D eigenvalue weighted by atomic mass is 9.86. The third kappa shape index (κ3) is 10.4. The number of guanidine groups is 1. The summed E-state index contributed by atoms with van der Waals surface area (Å²) in [5, 5.41) is 25.0. The van der Waals surface area contributed by atoms with Crippen LogP contribution in [-0.4, -0.2) is 48.6 Å². The zero-order chi connectivity index (χ0) is 22.5. The molecule has 1 aliphatic rings. The molecule has 1 aliphatic carbocycles. The summed E-state index contributed by atoms with van der Waals surface area (Å²) in [6.45, 7) is 6.03. The highest BCUT2D eigenvalue weighted by Crippen LogP contribution is 2.26. The molecule has 30 heavy (non-hydrogen) atoms. The first-order valence-corrected chi connectivity index (χ1v) is 10.4. The quantitative estimate of drug-likeness (QED) is 0.102. The minimum atomic E-state index is -0.826. The van der Waals surface area contributed by atoms with E-state index in [-0.39, 0.29) is 30.4 Å². The molecule has 1 unspecified atom stereocenters. The summed E-state index contributed by atoms with van der Waals surface area (Å²) >= 11 is 0. The van der Waals surface area contributed by atoms with Crippen LogP contribution in [0.15, 0.2) is 0 Å². The van der Waals surface area contributed by atoms with Crippen LogP contribution in [0.25, 0.3) is 0 Å². The topological polar surface area (TPSA) is 158 Å². The lowest BCUT2D eigenvalue weighted by molar-refractivity contribution is -0.525. The molecule has 0 aromatic rings. The molecule has 0 bridgehead atoms. The van der Waals surface area contributed by atoms with Crippen LogP contribution >= 0.6 is 0 Å². The second-order valence-corrected chi connectivity index (χ2v) is 7.94. The maximum absolute atomic E-state index is 12.7. The second kappa shape index (κ2) is 13.7. The van der Waals surface area contributed by atoms with Crippen molar-refractivity contribution in [2.75, 3.05) is 13.7 Å². The molecule has 0 saturated heterocycles. The predicted molar refractivity (Wildman–Crippen MR) is 112 cm³/mol. The molecular formula is C19H35N6O5. The minimum Gasteiger partial charge on any atom is -0.381 e. The summed E-state index contributed by atoms with van der Waals surface area (Å²) in [5.41, 5.74) is 1.71. The van der Waals surface area contributed by atoms with Gasteiger partial charge in [-0.2, -0.15) is 0 Å². The third-order valence-corrected chi connectivity index (χ3v) is 4.97. The third-order valence-electron chi connectivity index (χ3n) is 4.97. The molecule has 1 saturated carbocycles. The summed E-state index contributed by atoms with van der Waals surface area (Å²) in [5.74, 6) is -0.661. The molecule has 171 valence electrons. The van der Waals surface area contributed by atoms with Gasteiger partial charge in [-0.25, -0.2) is 10.1 Å². The number of hydrogen-bond acceptors (Lipinski definition) is 6. The molecule has 2 amide bonds. The van der Waals surface area contributed by atoms with Gasteiger partial charge in [-0.15, -0.1) is 0 Å². The van der Waals surface area contributed by atoms with Gasteiger partial charge in [0.05, 0.1) is 6.10 Å². The molecule has 11 heteroatoms. The summed E-state index contributed by atoms with van der Waals surface area (Å²) < 4.78 is 5.38. The smallest absolute Gasteiger partial charge is 0.251 e. The van der Waals surface area contributed by atoms with E-state index in [0.717, 1.165) is 25.7 Å². The van der Waals surface area contributed by atoms with E-state index in [2.05, 4.69) is 16.0 Å². The number of amides is 2. The predicted octanol–water partition coefficient (Wildman–Crippen LogP) is 1.09. The number of carbonyl (C=O) groups excluding carboxylic acids is 2. The first-order valence-electron chi connectivity index (χ1n) is 10.4. The number of nitrogens with one attached hydrogen (secondary N) is 5. The highest BCUT2D eigenvalue weighted by atomic mass is 16.7. The maximum atomic E-state index is 12.7. The average Bonchev–Trinajstić information content (AvgIpc) is 2.69. The number of rotatable bonds is 12. The fourth-order valence-electron chi connectivity index (χ4n) is 3.30. The largest absolute Gasteiger partial charge is 0.381 e. The molecule has 0 heterocycles. The number of nitro groups is 1. The van der Waals surface area contributed by atoms with Crippen molar-refractivity contribution < 1.29 is 19.4 Å². The lowest BCUT2D eigenvalue weighted by Crippen LogP contribution is -2.49. The van der Waals surface area contributed by atoms with Gasteiger partial charge in [0.1, 0.15) is 6.04 Å². The van der Waals surface area contributed by atoms with Crippen LogP contribution in [0.3, 0.4) is 0 Å². The van der Waals surface area contributed by atoms with E-state index >= 15 is 0 Å². The normalized spacial score (nSPS) is 19.6. The van der Waals surface area contributed by atoms with Crippen molar-refractivity contribution >= 4 is 17.8 Å². The van der Waals surface area contributed by atoms with E-state index in [9.17, 15) is 19.7 Å². The molecule has 11 nitrogen and oxygen atoms in total. The van der Waals surface area contributed by atoms with Gasteiger partial charge >= 0.3 is 0 Å². The van der Waals surface area contributed by atoms with Crippen molar-refractivity contribution in [2.45, 2.75) is 70.9 Å². The molecule has 5 N–H and O–H groups in total. The van der Waals surface area contributed by atoms with Crippen LogP contribution in [-0.2, 0) is 14.3 Å². The van der Waals surface area contributed by atoms with Gasteiger partial charge in [0.2, 0.25) is 11.8 Å². The van der Waals surface area contributed by atoms with Crippen LogP contribution in [0, 0.1) is 33.9 Å². The Balaban J connectivity index is 2.58. The maximum Gasteiger partial charge on any atom is 0.251 e. The molecular weight excluding hydrogens is 392 g/mol. The lowest BCUT2D eigenvalue weighted by Gasteiger charge is -2.29. The van der Waals surface area contributed by atoms with Gasteiger partial charge in [0.25, 0.3) is 5.96 Å². The first-order chi connectivity index (χ1) is 14.2. The van der Waals surface area contributed by atoms with E-state index in [1.165, 1.54) is 0 Å². The minimum absolute atomic E-state index is 0.0606. The van der Waals surface area contributed by atoms with Crippen LogP contribution in [0.2, 0.25) is 0 Å². The molecule has 0 aromatic heterocycles. The molecule has 0 spiro atoms. The SMILES string of the molecule is COC1CCC[C@@H](C(=O)N[C@@H](CCCNC(=N)N[N+](=O)[O-])C(=O)N[CH]CC(C)C)C1. The van der Waals surface area contributed by atoms with Gasteiger partial charge in [-0.3, -0.25) is 15.0 Å². The number of nitrogens with zero attached hydrogens (tertiary/aromatic N) is 1. The highest BCUT2D eigenvalue weighted by Gasteiger charge is 2.30. The summed E-state index contributed by atoms with van der Waals surface area (Å²) in [6, 6.07) is -0.719. The van der Waals surface area contributed by atoms with E-state index in [1.807, 2.05) is 13.8 Å². The number of carbonyl (C=O) groups is 2. The Labute approximate surface area is 177 Å². The summed E-state index contributed by atoms with van der Waals surface area (Å²) in [7, 11) is 1.64. The Morgan fingerprint density at radius 1 is 1.33 bits per heavy atom. The van der Waals surface area contributed by atoms with Crippen LogP contribution in [0.5, 0.6) is 0 Å². The highest BCUT2D eigenvalue weighted by molar-refractivity contribution is 5.88. The number of hydrazine groups is 1. The van der Waals surface area contributed by atoms with E-state index in [1.54, 1.807) is 19.1 Å². The standard InChI is InChI=1S/C19H35N6O5/c1-13(2)9-11-21-18(27)16(8-5-10-22-19(20)24-25(28)29)23-17(26)14-6-4-7-15(12-14)30-3/h11,13-16H,4-10,12H2,1-3H3,(H,21,27)(H,23,26)(H3,20,22,24)/t14-,15?,16+/m1/s1. The zero-order valence-corrected chi connectivity index (χ0v) is 18.0. The number of ether oxygens (including phenoxy) is 1. The van der Waals surface area contributed by atoms with Gasteiger partial charge in [0, 0.05) is 26.1 Å². The van der Waals surface area contributed by atoms with E-state index < -0.39 is 17.0 Å². The van der Waals surface area contributed by atoms with Crippen LogP contribution in [0.1, 0.15) is 58.8 Å². The molecule has 0 aromatic carbocycles. The summed E-state index contributed by atoms with van der Waals surface area (Å²) in [6.07, 6.45) is 4.81. The molecule has 1 rings (SSSR count). The average molecular weight is 428 g/mol. The van der Waals surface area contributed by atoms with Gasteiger partial charge in [0.15, 0.2) is 5.03 Å². The van der Waals surface area contributed by atoms with Crippen molar-refractivity contribution in [1.29, 1.82) is 5.41 Å². The Kier molecular flexibility index (Phi) is 11.7. The summed E-state index contributed by atoms with van der Waals surface area (Å²) in [4.78, 5) is 35.6. The van der Waals surface area contributed by atoms with Crippen LogP contribution in [0.4, 0.5) is 0 Å². The molecule has 3 atom stereocenters. The first kappa shape index (κ1) is 25.6. The number of hydrogen-bond donors (Lipinski definition) is 5. The van der Waals surface area contributed by atoms with Crippen molar-refractivity contribution in [1.82, 2.24) is 21.4 Å². The Morgan fingerprint density at radius 3 is 2.70 bits per heavy atom. The number of methoxy groups -OCH3 is 1. The van der Waals surface area contributed by atoms with E-state index in [0.29, 0.717) is 25.2 Å². The van der Waals surface area contributed by atoms with E-state index in [4.69, 9.17) is 10.1 Å². The fourth-order valence-corrected chi connectivity index (χ4v) is 3.30. The molecule has 0 aliphatic heterocycles. The van der Waals surface area contributed by atoms with Crippen molar-refractivity contribution in [3.8, 4) is 0 Å². The Morgan fingerprint density at radius 2 is 2.07 bits per heavy atom. The van der Waals surface area contributed by atoms with Gasteiger partial charge in [-0.1, -0.05) is 25.7 Å².